The summed E-state index contributed by atoms with van der Waals surface area (Å²) in [4.78, 5) is 14.3. The summed E-state index contributed by atoms with van der Waals surface area (Å²) in [7, 11) is -3.09. The summed E-state index contributed by atoms with van der Waals surface area (Å²) in [6.45, 7) is 8.27. The molecule has 0 aliphatic carbocycles. The number of hydrogen-bond acceptors (Lipinski definition) is 4. The van der Waals surface area contributed by atoms with Crippen LogP contribution in [0.5, 0.6) is 0 Å². The zero-order valence-corrected chi connectivity index (χ0v) is 16.2. The molecule has 0 spiro atoms. The van der Waals surface area contributed by atoms with Gasteiger partial charge in [0.1, 0.15) is 0 Å². The first-order valence-corrected chi connectivity index (χ1v) is 10.6. The third-order valence-corrected chi connectivity index (χ3v) is 5.73. The van der Waals surface area contributed by atoms with E-state index in [2.05, 4.69) is 24.1 Å². The number of nitrogens with one attached hydrogen (secondary N) is 1. The highest BCUT2D eigenvalue weighted by atomic mass is 32.2. The van der Waals surface area contributed by atoms with E-state index in [1.54, 1.807) is 0 Å². The number of hydrogen-bond donors (Lipinski definition) is 1. The van der Waals surface area contributed by atoms with E-state index in [9.17, 15) is 13.2 Å². The molecule has 1 amide bonds. The second-order valence-corrected chi connectivity index (χ2v) is 9.06. The minimum absolute atomic E-state index is 0.0334. The summed E-state index contributed by atoms with van der Waals surface area (Å²) in [6, 6.07) is 7.65. The van der Waals surface area contributed by atoms with Gasteiger partial charge >= 0.3 is 0 Å². The van der Waals surface area contributed by atoms with E-state index >= 15 is 0 Å². The molecule has 0 unspecified atom stereocenters. The fourth-order valence-electron chi connectivity index (χ4n) is 2.82. The summed E-state index contributed by atoms with van der Waals surface area (Å²) in [5.74, 6) is 0.541. The van der Waals surface area contributed by atoms with Gasteiger partial charge in [0.25, 0.3) is 5.91 Å². The first-order valence-electron chi connectivity index (χ1n) is 8.80. The average Bonchev–Trinajstić information content (AvgIpc) is 2.55. The quantitative estimate of drug-likeness (QED) is 0.794. The van der Waals surface area contributed by atoms with Crippen molar-refractivity contribution in [2.24, 2.45) is 5.92 Å². The van der Waals surface area contributed by atoms with Gasteiger partial charge in [-0.25, -0.2) is 8.42 Å². The van der Waals surface area contributed by atoms with Crippen molar-refractivity contribution in [3.63, 3.8) is 0 Å². The smallest absolute Gasteiger partial charge is 0.251 e. The number of piperazine rings is 1. The Labute approximate surface area is 151 Å². The molecule has 2 rings (SSSR count). The van der Waals surface area contributed by atoms with Gasteiger partial charge < -0.3 is 5.32 Å². The molecule has 7 heteroatoms. The minimum Gasteiger partial charge on any atom is -0.352 e. The van der Waals surface area contributed by atoms with Crippen LogP contribution < -0.4 is 5.32 Å². The highest BCUT2D eigenvalue weighted by molar-refractivity contribution is 7.88. The molecule has 140 valence electrons. The van der Waals surface area contributed by atoms with Crippen molar-refractivity contribution >= 4 is 15.9 Å². The molecule has 1 N–H and O–H groups in total. The van der Waals surface area contributed by atoms with Crippen LogP contribution in [-0.4, -0.2) is 62.5 Å². The SMILES string of the molecule is CC(C)CCNC(=O)c1ccc(CN2CCN(S(C)(=O)=O)CC2)cc1. The van der Waals surface area contributed by atoms with Crippen LogP contribution in [0.4, 0.5) is 0 Å². The van der Waals surface area contributed by atoms with E-state index in [0.29, 0.717) is 31.1 Å². The molecule has 1 aromatic carbocycles. The maximum atomic E-state index is 12.1. The normalized spacial score (nSPS) is 17.0. The van der Waals surface area contributed by atoms with Gasteiger partial charge in [-0.05, 0) is 30.0 Å². The Morgan fingerprint density at radius 3 is 2.24 bits per heavy atom. The Kier molecular flexibility index (Phi) is 6.98. The van der Waals surface area contributed by atoms with Crippen molar-refractivity contribution in [3.05, 3.63) is 35.4 Å². The summed E-state index contributed by atoms with van der Waals surface area (Å²) in [5.41, 5.74) is 1.81. The van der Waals surface area contributed by atoms with E-state index in [1.807, 2.05) is 24.3 Å². The molecule has 1 heterocycles. The van der Waals surface area contributed by atoms with Crippen LogP contribution in [0.1, 0.15) is 36.2 Å². The third-order valence-electron chi connectivity index (χ3n) is 4.43. The number of nitrogens with zero attached hydrogens (tertiary/aromatic N) is 2. The highest BCUT2D eigenvalue weighted by Gasteiger charge is 2.23. The zero-order valence-electron chi connectivity index (χ0n) is 15.4. The third kappa shape index (κ3) is 6.41. The van der Waals surface area contributed by atoms with Crippen LogP contribution in [0, 0.1) is 5.92 Å². The molecule has 0 aromatic heterocycles. The topological polar surface area (TPSA) is 69.7 Å². The van der Waals surface area contributed by atoms with Crippen molar-refractivity contribution in [3.8, 4) is 0 Å². The minimum atomic E-state index is -3.09. The summed E-state index contributed by atoms with van der Waals surface area (Å²) < 4.78 is 24.6. The van der Waals surface area contributed by atoms with Crippen LogP contribution in [0.3, 0.4) is 0 Å². The second kappa shape index (κ2) is 8.78. The Morgan fingerprint density at radius 1 is 1.12 bits per heavy atom. The molecule has 0 bridgehead atoms. The van der Waals surface area contributed by atoms with Gasteiger partial charge in [-0.15, -0.1) is 0 Å². The van der Waals surface area contributed by atoms with E-state index in [0.717, 1.165) is 31.6 Å². The largest absolute Gasteiger partial charge is 0.352 e. The predicted octanol–water partition coefficient (Wildman–Crippen LogP) is 1.54. The molecule has 1 saturated heterocycles. The van der Waals surface area contributed by atoms with Crippen molar-refractivity contribution in [1.29, 1.82) is 0 Å². The van der Waals surface area contributed by atoms with Crippen LogP contribution in [0.15, 0.2) is 24.3 Å². The Balaban J connectivity index is 1.82. The van der Waals surface area contributed by atoms with Gasteiger partial charge in [-0.3, -0.25) is 9.69 Å². The first kappa shape index (κ1) is 19.9. The lowest BCUT2D eigenvalue weighted by molar-refractivity contribution is 0.0952. The zero-order chi connectivity index (χ0) is 18.4. The highest BCUT2D eigenvalue weighted by Crippen LogP contribution is 2.12. The molecule has 6 nitrogen and oxygen atoms in total. The van der Waals surface area contributed by atoms with Crippen LogP contribution in [0.25, 0.3) is 0 Å². The van der Waals surface area contributed by atoms with Crippen molar-refractivity contribution in [2.45, 2.75) is 26.8 Å². The van der Waals surface area contributed by atoms with E-state index < -0.39 is 10.0 Å². The lowest BCUT2D eigenvalue weighted by atomic mass is 10.1. The van der Waals surface area contributed by atoms with Gasteiger partial charge in [0.2, 0.25) is 10.0 Å². The Morgan fingerprint density at radius 2 is 1.72 bits per heavy atom. The molecular weight excluding hydrogens is 338 g/mol. The predicted molar refractivity (Wildman–Crippen MR) is 99.9 cm³/mol. The monoisotopic (exact) mass is 367 g/mol. The van der Waals surface area contributed by atoms with Crippen LogP contribution >= 0.6 is 0 Å². The average molecular weight is 368 g/mol. The number of carbonyl (C=O) groups is 1. The van der Waals surface area contributed by atoms with Gasteiger partial charge in [0.15, 0.2) is 0 Å². The molecule has 1 fully saturated rings. The first-order chi connectivity index (χ1) is 11.8. The second-order valence-electron chi connectivity index (χ2n) is 7.07. The number of sulfonamides is 1. The van der Waals surface area contributed by atoms with E-state index in [1.165, 1.54) is 10.6 Å². The number of amides is 1. The van der Waals surface area contributed by atoms with E-state index in [4.69, 9.17) is 0 Å². The van der Waals surface area contributed by atoms with Crippen molar-refractivity contribution < 1.29 is 13.2 Å². The molecule has 25 heavy (non-hydrogen) atoms. The van der Waals surface area contributed by atoms with Crippen molar-refractivity contribution in [1.82, 2.24) is 14.5 Å². The summed E-state index contributed by atoms with van der Waals surface area (Å²) in [5, 5.41) is 2.94. The molecule has 0 radical (unpaired) electrons. The molecule has 0 atom stereocenters. The maximum absolute atomic E-state index is 12.1. The van der Waals surface area contributed by atoms with Gasteiger partial charge in [-0.2, -0.15) is 4.31 Å². The van der Waals surface area contributed by atoms with Crippen molar-refractivity contribution in [2.75, 3.05) is 39.0 Å². The molecule has 1 aliphatic heterocycles. The maximum Gasteiger partial charge on any atom is 0.251 e. The van der Waals surface area contributed by atoms with Gasteiger partial charge in [0.05, 0.1) is 6.26 Å². The fourth-order valence-corrected chi connectivity index (χ4v) is 3.64. The Hall–Kier alpha value is -1.44. The number of carbonyl (C=O) groups excluding carboxylic acids is 1. The van der Waals surface area contributed by atoms with Gasteiger partial charge in [0, 0.05) is 44.8 Å². The number of benzene rings is 1. The standard InChI is InChI=1S/C18H29N3O3S/c1-15(2)8-9-19-18(22)17-6-4-16(5-7-17)14-20-10-12-21(13-11-20)25(3,23)24/h4-7,15H,8-14H2,1-3H3,(H,19,22). The summed E-state index contributed by atoms with van der Waals surface area (Å²) in [6.07, 6.45) is 2.23. The lowest BCUT2D eigenvalue weighted by Gasteiger charge is -2.33. The number of rotatable bonds is 7. The van der Waals surface area contributed by atoms with Gasteiger partial charge in [-0.1, -0.05) is 26.0 Å². The van der Waals surface area contributed by atoms with Crippen LogP contribution in [-0.2, 0) is 16.6 Å². The summed E-state index contributed by atoms with van der Waals surface area (Å²) >= 11 is 0. The fraction of sp³-hybridized carbons (Fsp3) is 0.611. The van der Waals surface area contributed by atoms with Crippen LogP contribution in [0.2, 0.25) is 0 Å². The molecular formula is C18H29N3O3S. The lowest BCUT2D eigenvalue weighted by Crippen LogP contribution is -2.47. The molecule has 0 saturated carbocycles. The van der Waals surface area contributed by atoms with E-state index in [-0.39, 0.29) is 5.91 Å². The molecule has 1 aliphatic rings. The molecule has 1 aromatic rings. The Bertz CT molecular complexity index is 663.